The van der Waals surface area contributed by atoms with Crippen molar-refractivity contribution in [2.24, 2.45) is 0 Å². The molecular formula is C63H44N3O3+. The first kappa shape index (κ1) is 40.4. The SMILES string of the molecule is COc1ccc(-c2ccc(-c3c(-[n+]4c5ccccc5nc5c6cccc7ccc8cccc(c8c76)c54)n(-c4ccc(-c5ccc(CO)cc5)cc4)c4ccc(-c5ccc(OC)cc5)cc34)cc2)cc1. The van der Waals surface area contributed by atoms with Crippen molar-refractivity contribution in [2.75, 3.05) is 14.2 Å². The molecule has 0 atom stereocenters. The quantitative estimate of drug-likeness (QED) is 0.0891. The number of ether oxygens (including phenoxy) is 2. The lowest BCUT2D eigenvalue weighted by Crippen LogP contribution is -2.36. The molecule has 0 aliphatic carbocycles. The summed E-state index contributed by atoms with van der Waals surface area (Å²) >= 11 is 0. The highest BCUT2D eigenvalue weighted by atomic mass is 16.5. The van der Waals surface area contributed by atoms with Crippen molar-refractivity contribution in [2.45, 2.75) is 6.61 Å². The van der Waals surface area contributed by atoms with Crippen LogP contribution in [-0.4, -0.2) is 28.9 Å². The van der Waals surface area contributed by atoms with Gasteiger partial charge in [-0.25, -0.2) is 4.98 Å². The number of hydrogen-bond acceptors (Lipinski definition) is 4. The molecule has 0 bridgehead atoms. The highest BCUT2D eigenvalue weighted by Crippen LogP contribution is 2.44. The third kappa shape index (κ3) is 6.52. The molecule has 0 radical (unpaired) electrons. The van der Waals surface area contributed by atoms with E-state index in [0.29, 0.717) is 0 Å². The molecule has 11 aromatic carbocycles. The molecule has 0 saturated heterocycles. The number of aliphatic hydroxyl groups is 1. The van der Waals surface area contributed by atoms with Gasteiger partial charge >= 0.3 is 5.82 Å². The number of aliphatic hydroxyl groups excluding tert-OH is 1. The predicted octanol–water partition coefficient (Wildman–Crippen LogP) is 14.7. The van der Waals surface area contributed by atoms with Crippen LogP contribution in [0.1, 0.15) is 5.56 Å². The number of methoxy groups -OCH3 is 2. The molecule has 0 spiro atoms. The van der Waals surface area contributed by atoms with Gasteiger partial charge in [0.25, 0.3) is 0 Å². The van der Waals surface area contributed by atoms with Gasteiger partial charge in [-0.3, -0.25) is 0 Å². The van der Waals surface area contributed by atoms with E-state index < -0.39 is 0 Å². The van der Waals surface area contributed by atoms with Gasteiger partial charge in [0.05, 0.1) is 26.4 Å². The molecule has 13 aromatic rings. The minimum absolute atomic E-state index is 0.00964. The second-order valence-electron chi connectivity index (χ2n) is 17.7. The first-order chi connectivity index (χ1) is 34.1. The maximum absolute atomic E-state index is 9.79. The molecule has 6 heteroatoms. The lowest BCUT2D eigenvalue weighted by Gasteiger charge is -2.17. The molecule has 0 fully saturated rings. The number of para-hydroxylation sites is 2. The Morgan fingerprint density at radius 3 is 1.62 bits per heavy atom. The number of nitrogens with zero attached hydrogens (tertiary/aromatic N) is 3. The van der Waals surface area contributed by atoms with Crippen molar-refractivity contribution in [3.05, 3.63) is 218 Å². The fraction of sp³-hybridized carbons (Fsp3) is 0.0476. The Labute approximate surface area is 398 Å². The Morgan fingerprint density at radius 2 is 1.00 bits per heavy atom. The Morgan fingerprint density at radius 1 is 0.478 bits per heavy atom. The average Bonchev–Trinajstić information content (AvgIpc) is 3.76. The third-order valence-electron chi connectivity index (χ3n) is 14.0. The lowest BCUT2D eigenvalue weighted by atomic mass is 9.92. The first-order valence-corrected chi connectivity index (χ1v) is 23.3. The van der Waals surface area contributed by atoms with Gasteiger partial charge in [0, 0.05) is 21.5 Å². The number of hydrogen-bond donors (Lipinski definition) is 1. The molecule has 0 unspecified atom stereocenters. The van der Waals surface area contributed by atoms with Crippen LogP contribution < -0.4 is 14.0 Å². The third-order valence-corrected chi connectivity index (χ3v) is 14.0. The summed E-state index contributed by atoms with van der Waals surface area (Å²) in [6, 6.07) is 75.8. The van der Waals surface area contributed by atoms with Crippen LogP contribution in [0.4, 0.5) is 0 Å². The van der Waals surface area contributed by atoms with E-state index in [4.69, 9.17) is 14.5 Å². The standard InChI is InChI=1S/C63H44N3O3/c1-68-50-32-25-43(26-33-50)41-17-19-47(20-18-41)60-54-37-48(44-27-34-51(69-2)35-28-44)29-36-56(54)65(49-30-23-42(24-31-49)40-15-13-39(38-67)14-16-40)63(60)66-57-12-4-3-11-55(57)64-61-52-9-5-7-45-21-22-46-8-6-10-53(62(61)66)59(46)58(45)52/h3-37,67H,38H2,1-2H3/q+1. The number of fused-ring (bicyclic) bond motifs is 5. The summed E-state index contributed by atoms with van der Waals surface area (Å²) in [6.07, 6.45) is 0. The van der Waals surface area contributed by atoms with Crippen LogP contribution in [0.25, 0.3) is 121 Å². The van der Waals surface area contributed by atoms with E-state index >= 15 is 0 Å². The Kier molecular flexibility index (Phi) is 9.49. The smallest absolute Gasteiger partial charge is 0.301 e. The van der Waals surface area contributed by atoms with Gasteiger partial charge in [0.15, 0.2) is 11.0 Å². The van der Waals surface area contributed by atoms with Gasteiger partial charge < -0.3 is 14.6 Å². The molecule has 1 N–H and O–H groups in total. The number of aromatic nitrogens is 3. The zero-order chi connectivity index (χ0) is 46.2. The Balaban J connectivity index is 1.18. The van der Waals surface area contributed by atoms with E-state index in [9.17, 15) is 5.11 Å². The van der Waals surface area contributed by atoms with Crippen molar-refractivity contribution >= 4 is 65.3 Å². The monoisotopic (exact) mass is 890 g/mol. The maximum Gasteiger partial charge on any atom is 0.301 e. The minimum atomic E-state index is 0.00964. The van der Waals surface area contributed by atoms with E-state index in [-0.39, 0.29) is 6.61 Å². The topological polar surface area (TPSA) is 60.4 Å². The number of benzene rings is 11. The number of rotatable bonds is 9. The molecule has 13 rings (SSSR count). The van der Waals surface area contributed by atoms with Crippen LogP contribution >= 0.6 is 0 Å². The van der Waals surface area contributed by atoms with Crippen LogP contribution in [0.15, 0.2) is 212 Å². The average molecular weight is 891 g/mol. The van der Waals surface area contributed by atoms with E-state index in [2.05, 4.69) is 185 Å². The summed E-state index contributed by atoms with van der Waals surface area (Å²) in [6.45, 7) is 0.00964. The molecule has 2 aromatic heterocycles. The normalized spacial score (nSPS) is 11.8. The van der Waals surface area contributed by atoms with Crippen LogP contribution in [-0.2, 0) is 6.61 Å². The Hall–Kier alpha value is -8.84. The molecule has 0 aliphatic rings. The van der Waals surface area contributed by atoms with Crippen molar-refractivity contribution in [1.82, 2.24) is 9.55 Å². The highest BCUT2D eigenvalue weighted by molar-refractivity contribution is 6.32. The first-order valence-electron chi connectivity index (χ1n) is 23.3. The van der Waals surface area contributed by atoms with Crippen LogP contribution in [0.3, 0.4) is 0 Å². The summed E-state index contributed by atoms with van der Waals surface area (Å²) in [4.78, 5) is 5.59. The molecular weight excluding hydrogens is 847 g/mol. The predicted molar refractivity (Wildman–Crippen MR) is 282 cm³/mol. The second kappa shape index (κ2) is 16.2. The van der Waals surface area contributed by atoms with Gasteiger partial charge in [0.1, 0.15) is 33.7 Å². The van der Waals surface area contributed by atoms with Gasteiger partial charge in [-0.2, -0.15) is 9.13 Å². The molecule has 328 valence electrons. The largest absolute Gasteiger partial charge is 0.497 e. The summed E-state index contributed by atoms with van der Waals surface area (Å²) < 4.78 is 16.0. The minimum Gasteiger partial charge on any atom is -0.497 e. The van der Waals surface area contributed by atoms with E-state index in [0.717, 1.165) is 117 Å². The van der Waals surface area contributed by atoms with Crippen molar-refractivity contribution in [1.29, 1.82) is 0 Å². The maximum atomic E-state index is 9.79. The van der Waals surface area contributed by atoms with Crippen molar-refractivity contribution in [3.63, 3.8) is 0 Å². The summed E-state index contributed by atoms with van der Waals surface area (Å²) in [5.41, 5.74) is 15.6. The van der Waals surface area contributed by atoms with Gasteiger partial charge in [-0.1, -0.05) is 146 Å². The van der Waals surface area contributed by atoms with E-state index in [1.165, 1.54) is 21.5 Å². The zero-order valence-electron chi connectivity index (χ0n) is 38.0. The van der Waals surface area contributed by atoms with Gasteiger partial charge in [-0.05, 0) is 127 Å². The van der Waals surface area contributed by atoms with Crippen molar-refractivity contribution < 1.29 is 19.1 Å². The molecule has 0 amide bonds. The fourth-order valence-corrected chi connectivity index (χ4v) is 10.6. The summed E-state index contributed by atoms with van der Waals surface area (Å²) in [7, 11) is 3.40. The van der Waals surface area contributed by atoms with Gasteiger partial charge in [-0.15, -0.1) is 0 Å². The zero-order valence-corrected chi connectivity index (χ0v) is 38.0. The fourth-order valence-electron chi connectivity index (χ4n) is 10.6. The molecule has 2 heterocycles. The molecule has 0 saturated carbocycles. The van der Waals surface area contributed by atoms with Crippen LogP contribution in [0.2, 0.25) is 0 Å². The Bertz CT molecular complexity index is 4080. The summed E-state index contributed by atoms with van der Waals surface area (Å²) in [5, 5.41) is 18.0. The molecule has 69 heavy (non-hydrogen) atoms. The van der Waals surface area contributed by atoms with E-state index in [1.807, 2.05) is 36.4 Å². The molecule has 6 nitrogen and oxygen atoms in total. The van der Waals surface area contributed by atoms with E-state index in [1.54, 1.807) is 14.2 Å². The van der Waals surface area contributed by atoms with Crippen LogP contribution in [0.5, 0.6) is 11.5 Å². The second-order valence-corrected chi connectivity index (χ2v) is 17.7. The molecule has 0 aliphatic heterocycles. The lowest BCUT2D eigenvalue weighted by molar-refractivity contribution is -0.541. The van der Waals surface area contributed by atoms with Gasteiger partial charge in [0.2, 0.25) is 0 Å². The summed E-state index contributed by atoms with van der Waals surface area (Å²) in [5.74, 6) is 2.65. The van der Waals surface area contributed by atoms with Crippen LogP contribution in [0, 0.1) is 0 Å². The van der Waals surface area contributed by atoms with Crippen molar-refractivity contribution in [3.8, 4) is 67.5 Å². The highest BCUT2D eigenvalue weighted by Gasteiger charge is 2.34.